The largest absolute Gasteiger partial charge is 0.487 e. The van der Waals surface area contributed by atoms with Gasteiger partial charge in [0.15, 0.2) is 0 Å². The van der Waals surface area contributed by atoms with Crippen molar-refractivity contribution in [1.29, 1.82) is 0 Å². The fraction of sp³-hybridized carbons (Fsp3) is 0.481. The van der Waals surface area contributed by atoms with E-state index in [0.29, 0.717) is 10.7 Å². The third-order valence-electron chi connectivity index (χ3n) is 7.56. The van der Waals surface area contributed by atoms with Gasteiger partial charge in [-0.3, -0.25) is 14.5 Å². The molecule has 2 saturated heterocycles. The fourth-order valence-electron chi connectivity index (χ4n) is 5.87. The SMILES string of the molecule is CC1(C)Oc2ccc(Cl)cc2[C@@H]2O[C@@H]3CCCN(CC(=O)N(CC(=O)O)c4ccccc4)[C@@H]3C[C@H]21. The van der Waals surface area contributed by atoms with Gasteiger partial charge < -0.3 is 19.5 Å². The van der Waals surface area contributed by atoms with E-state index in [2.05, 4.69) is 18.7 Å². The number of rotatable bonds is 5. The van der Waals surface area contributed by atoms with Crippen molar-refractivity contribution in [3.05, 3.63) is 59.1 Å². The molecule has 0 aromatic heterocycles. The number of anilines is 1. The second-order valence-electron chi connectivity index (χ2n) is 10.2. The zero-order chi connectivity index (χ0) is 24.7. The van der Waals surface area contributed by atoms with Gasteiger partial charge in [-0.15, -0.1) is 0 Å². The van der Waals surface area contributed by atoms with Crippen molar-refractivity contribution in [2.45, 2.75) is 57.0 Å². The molecule has 0 radical (unpaired) electrons. The van der Waals surface area contributed by atoms with E-state index in [1.54, 1.807) is 24.3 Å². The Hall–Kier alpha value is -2.61. The first-order valence-electron chi connectivity index (χ1n) is 12.2. The average molecular weight is 499 g/mol. The number of para-hydroxylation sites is 1. The molecular formula is C27H31ClN2O5. The molecule has 2 fully saturated rings. The molecule has 8 heteroatoms. The number of aliphatic carboxylic acids is 1. The van der Waals surface area contributed by atoms with E-state index in [0.717, 1.165) is 37.1 Å². The molecule has 0 spiro atoms. The summed E-state index contributed by atoms with van der Waals surface area (Å²) in [6.07, 6.45) is 2.54. The Balaban J connectivity index is 1.38. The Labute approximate surface area is 210 Å². The van der Waals surface area contributed by atoms with E-state index in [1.807, 2.05) is 24.3 Å². The Kier molecular flexibility index (Phi) is 6.51. The summed E-state index contributed by atoms with van der Waals surface area (Å²) in [6, 6.07) is 14.7. The number of hydrogen-bond donors (Lipinski definition) is 1. The Morgan fingerprint density at radius 1 is 1.20 bits per heavy atom. The van der Waals surface area contributed by atoms with Crippen LogP contribution in [0, 0.1) is 5.92 Å². The number of benzene rings is 2. The summed E-state index contributed by atoms with van der Waals surface area (Å²) in [7, 11) is 0. The zero-order valence-corrected chi connectivity index (χ0v) is 20.8. The number of carbonyl (C=O) groups excluding carboxylic acids is 1. The molecule has 1 amide bonds. The van der Waals surface area contributed by atoms with E-state index in [1.165, 1.54) is 4.90 Å². The second kappa shape index (κ2) is 9.45. The van der Waals surface area contributed by atoms with Crippen molar-refractivity contribution in [1.82, 2.24) is 4.90 Å². The minimum Gasteiger partial charge on any atom is -0.487 e. The molecule has 2 aromatic rings. The lowest BCUT2D eigenvalue weighted by Gasteiger charge is -2.54. The Bertz CT molecular complexity index is 1110. The van der Waals surface area contributed by atoms with E-state index >= 15 is 0 Å². The number of halogens is 1. The third kappa shape index (κ3) is 4.77. The summed E-state index contributed by atoms with van der Waals surface area (Å²) in [5.74, 6) is -0.359. The van der Waals surface area contributed by atoms with Crippen molar-refractivity contribution in [3.8, 4) is 5.75 Å². The van der Waals surface area contributed by atoms with Gasteiger partial charge in [0.2, 0.25) is 5.91 Å². The topological polar surface area (TPSA) is 79.3 Å². The predicted octanol–water partition coefficient (Wildman–Crippen LogP) is 4.54. The number of carbonyl (C=O) groups is 2. The summed E-state index contributed by atoms with van der Waals surface area (Å²) in [5, 5.41) is 10.1. The quantitative estimate of drug-likeness (QED) is 0.652. The lowest BCUT2D eigenvalue weighted by atomic mass is 9.72. The van der Waals surface area contributed by atoms with Gasteiger partial charge in [-0.2, -0.15) is 0 Å². The van der Waals surface area contributed by atoms with Crippen LogP contribution < -0.4 is 9.64 Å². The van der Waals surface area contributed by atoms with E-state index in [4.69, 9.17) is 21.1 Å². The highest BCUT2D eigenvalue weighted by atomic mass is 35.5. The smallest absolute Gasteiger partial charge is 0.323 e. The zero-order valence-electron chi connectivity index (χ0n) is 20.0. The average Bonchev–Trinajstić information content (AvgIpc) is 2.83. The summed E-state index contributed by atoms with van der Waals surface area (Å²) >= 11 is 6.31. The molecule has 5 rings (SSSR count). The van der Waals surface area contributed by atoms with Gasteiger partial charge in [-0.1, -0.05) is 29.8 Å². The number of carboxylic acids is 1. The van der Waals surface area contributed by atoms with Gasteiger partial charge in [0.1, 0.15) is 17.9 Å². The molecule has 7 nitrogen and oxygen atoms in total. The fourth-order valence-corrected chi connectivity index (χ4v) is 6.05. The van der Waals surface area contributed by atoms with Gasteiger partial charge in [0, 0.05) is 28.2 Å². The number of ether oxygens (including phenoxy) is 2. The molecule has 186 valence electrons. The molecule has 0 aliphatic carbocycles. The van der Waals surface area contributed by atoms with Gasteiger partial charge in [0.25, 0.3) is 0 Å². The van der Waals surface area contributed by atoms with Crippen LogP contribution in [-0.2, 0) is 14.3 Å². The summed E-state index contributed by atoms with van der Waals surface area (Å²) < 4.78 is 13.1. The van der Waals surface area contributed by atoms with Gasteiger partial charge in [-0.05, 0) is 70.0 Å². The number of piperidine rings is 1. The van der Waals surface area contributed by atoms with E-state index in [9.17, 15) is 14.7 Å². The maximum atomic E-state index is 13.4. The van der Waals surface area contributed by atoms with Crippen molar-refractivity contribution in [3.63, 3.8) is 0 Å². The van der Waals surface area contributed by atoms with Crippen LogP contribution in [0.1, 0.15) is 44.8 Å². The van der Waals surface area contributed by atoms with Crippen LogP contribution in [0.5, 0.6) is 5.75 Å². The molecule has 0 saturated carbocycles. The van der Waals surface area contributed by atoms with Crippen LogP contribution in [0.15, 0.2) is 48.5 Å². The first kappa shape index (κ1) is 24.1. The lowest BCUT2D eigenvalue weighted by Crippen LogP contribution is -2.60. The molecule has 3 heterocycles. The number of carboxylic acid groups (broad SMARTS) is 1. The molecule has 2 aromatic carbocycles. The number of amides is 1. The first-order chi connectivity index (χ1) is 16.7. The van der Waals surface area contributed by atoms with Crippen molar-refractivity contribution < 1.29 is 24.2 Å². The molecule has 1 N–H and O–H groups in total. The lowest BCUT2D eigenvalue weighted by molar-refractivity contribution is -0.189. The minimum absolute atomic E-state index is 0.0109. The monoisotopic (exact) mass is 498 g/mol. The number of likely N-dealkylation sites (tertiary alicyclic amines) is 1. The van der Waals surface area contributed by atoms with Crippen LogP contribution in [0.3, 0.4) is 0 Å². The van der Waals surface area contributed by atoms with Crippen LogP contribution in [0.2, 0.25) is 5.02 Å². The third-order valence-corrected chi connectivity index (χ3v) is 7.79. The molecule has 0 bridgehead atoms. The normalized spacial score (nSPS) is 27.1. The maximum Gasteiger partial charge on any atom is 0.323 e. The van der Waals surface area contributed by atoms with Crippen LogP contribution in [0.4, 0.5) is 5.69 Å². The first-order valence-corrected chi connectivity index (χ1v) is 12.6. The summed E-state index contributed by atoms with van der Waals surface area (Å²) in [6.45, 7) is 4.73. The summed E-state index contributed by atoms with van der Waals surface area (Å²) in [4.78, 5) is 28.4. The Morgan fingerprint density at radius 3 is 2.71 bits per heavy atom. The highest BCUT2D eigenvalue weighted by Gasteiger charge is 2.52. The van der Waals surface area contributed by atoms with Crippen LogP contribution >= 0.6 is 11.6 Å². The molecule has 3 aliphatic heterocycles. The molecule has 0 unspecified atom stereocenters. The van der Waals surface area contributed by atoms with E-state index in [-0.39, 0.29) is 43.2 Å². The van der Waals surface area contributed by atoms with Crippen molar-refractivity contribution >= 4 is 29.2 Å². The standard InChI is InChI=1S/C27H31ClN2O5/c1-27(2)20-14-21-23(34-26(20)19-13-17(28)10-11-22(19)35-27)9-6-12-29(21)15-24(31)30(16-25(32)33)18-7-4-3-5-8-18/h3-5,7-8,10-11,13,20-21,23,26H,6,9,12,14-16H2,1-2H3,(H,32,33)/t20-,21-,23-,26+/m1/s1. The minimum atomic E-state index is -1.04. The number of fused-ring (bicyclic) bond motifs is 4. The van der Waals surface area contributed by atoms with Crippen LogP contribution in [0.25, 0.3) is 0 Å². The van der Waals surface area contributed by atoms with Crippen LogP contribution in [-0.4, -0.2) is 59.3 Å². The van der Waals surface area contributed by atoms with Gasteiger partial charge >= 0.3 is 5.97 Å². The molecule has 3 aliphatic rings. The number of hydrogen-bond acceptors (Lipinski definition) is 5. The Morgan fingerprint density at radius 2 is 1.97 bits per heavy atom. The number of nitrogens with zero attached hydrogens (tertiary/aromatic N) is 2. The van der Waals surface area contributed by atoms with Crippen molar-refractivity contribution in [2.24, 2.45) is 5.92 Å². The van der Waals surface area contributed by atoms with Gasteiger partial charge in [0.05, 0.1) is 18.8 Å². The molecular weight excluding hydrogens is 468 g/mol. The molecule has 35 heavy (non-hydrogen) atoms. The van der Waals surface area contributed by atoms with Crippen molar-refractivity contribution in [2.75, 3.05) is 24.5 Å². The maximum absolute atomic E-state index is 13.4. The highest BCUT2D eigenvalue weighted by Crippen LogP contribution is 2.52. The van der Waals surface area contributed by atoms with Gasteiger partial charge in [-0.25, -0.2) is 0 Å². The highest BCUT2D eigenvalue weighted by molar-refractivity contribution is 6.30. The van der Waals surface area contributed by atoms with E-state index < -0.39 is 11.6 Å². The summed E-state index contributed by atoms with van der Waals surface area (Å²) in [5.41, 5.74) is 1.14. The molecule has 4 atom stereocenters. The predicted molar refractivity (Wildman–Crippen MR) is 133 cm³/mol. The second-order valence-corrected chi connectivity index (χ2v) is 10.7.